The average molecular weight is 348 g/mol. The molecule has 1 fully saturated rings. The Hall–Kier alpha value is -2.62. The summed E-state index contributed by atoms with van der Waals surface area (Å²) < 4.78 is 0. The molecule has 2 aromatic carbocycles. The summed E-state index contributed by atoms with van der Waals surface area (Å²) in [4.78, 5) is 29.4. The molecular formula is C22H24N2O2. The van der Waals surface area contributed by atoms with Gasteiger partial charge in [-0.2, -0.15) is 0 Å². The van der Waals surface area contributed by atoms with Crippen LogP contribution in [0.4, 0.5) is 5.69 Å². The van der Waals surface area contributed by atoms with E-state index < -0.39 is 0 Å². The number of hydrogen-bond donors (Lipinski definition) is 0. The average Bonchev–Trinajstić information content (AvgIpc) is 3.47. The van der Waals surface area contributed by atoms with Gasteiger partial charge in [0.1, 0.15) is 0 Å². The largest absolute Gasteiger partial charge is 0.333 e. The van der Waals surface area contributed by atoms with Crippen LogP contribution in [0.3, 0.4) is 0 Å². The van der Waals surface area contributed by atoms with Crippen molar-refractivity contribution in [2.24, 2.45) is 0 Å². The van der Waals surface area contributed by atoms with Crippen molar-refractivity contribution in [1.29, 1.82) is 0 Å². The molecule has 1 saturated carbocycles. The van der Waals surface area contributed by atoms with Gasteiger partial charge in [-0.05, 0) is 49.9 Å². The molecule has 0 saturated heterocycles. The third kappa shape index (κ3) is 2.90. The molecule has 2 aromatic rings. The monoisotopic (exact) mass is 348 g/mol. The van der Waals surface area contributed by atoms with E-state index >= 15 is 0 Å². The first-order valence-electron chi connectivity index (χ1n) is 9.34. The molecule has 2 amide bonds. The van der Waals surface area contributed by atoms with Crippen LogP contribution in [0.25, 0.3) is 0 Å². The standard InChI is InChI=1S/C22H24N2O2/c1-15-14-21(24(16(2)25)18-12-13-18)19-10-6-7-11-20(19)23(15)22(26)17-8-4-3-5-9-17/h3-11,15,18,21H,12-14H2,1-2H3/t15-,21+/m0/s1. The molecule has 4 heteroatoms. The molecular weight excluding hydrogens is 324 g/mol. The Kier molecular flexibility index (Phi) is 4.27. The van der Waals surface area contributed by atoms with E-state index in [-0.39, 0.29) is 23.9 Å². The van der Waals surface area contributed by atoms with Crippen LogP contribution in [-0.2, 0) is 4.79 Å². The highest BCUT2D eigenvalue weighted by Crippen LogP contribution is 2.44. The fourth-order valence-corrected chi connectivity index (χ4v) is 4.16. The minimum Gasteiger partial charge on any atom is -0.333 e. The summed E-state index contributed by atoms with van der Waals surface area (Å²) in [6, 6.07) is 17.9. The number of fused-ring (bicyclic) bond motifs is 1. The Balaban J connectivity index is 1.75. The number of anilines is 1. The predicted molar refractivity (Wildman–Crippen MR) is 102 cm³/mol. The van der Waals surface area contributed by atoms with Crippen LogP contribution in [-0.4, -0.2) is 28.8 Å². The van der Waals surface area contributed by atoms with Crippen molar-refractivity contribution in [3.63, 3.8) is 0 Å². The molecule has 0 N–H and O–H groups in total. The second-order valence-electron chi connectivity index (χ2n) is 7.36. The zero-order valence-electron chi connectivity index (χ0n) is 15.3. The maximum atomic E-state index is 13.2. The highest BCUT2D eigenvalue weighted by Gasteiger charge is 2.42. The topological polar surface area (TPSA) is 40.6 Å². The SMILES string of the molecule is CC(=O)N(C1CC1)[C@@H]1C[C@H](C)N(C(=O)c2ccccc2)c2ccccc21. The van der Waals surface area contributed by atoms with Crippen LogP contribution in [0, 0.1) is 0 Å². The fraction of sp³-hybridized carbons (Fsp3) is 0.364. The van der Waals surface area contributed by atoms with Crippen molar-refractivity contribution < 1.29 is 9.59 Å². The first kappa shape index (κ1) is 16.8. The van der Waals surface area contributed by atoms with Crippen LogP contribution in [0.15, 0.2) is 54.6 Å². The van der Waals surface area contributed by atoms with Crippen LogP contribution >= 0.6 is 0 Å². The number of benzene rings is 2. The van der Waals surface area contributed by atoms with Crippen LogP contribution < -0.4 is 4.90 Å². The highest BCUT2D eigenvalue weighted by atomic mass is 16.2. The van der Waals surface area contributed by atoms with Crippen LogP contribution in [0.5, 0.6) is 0 Å². The number of nitrogens with zero attached hydrogens (tertiary/aromatic N) is 2. The predicted octanol–water partition coefficient (Wildman–Crippen LogP) is 4.18. The van der Waals surface area contributed by atoms with E-state index in [0.717, 1.165) is 30.5 Å². The van der Waals surface area contributed by atoms with Gasteiger partial charge in [0.25, 0.3) is 5.91 Å². The maximum absolute atomic E-state index is 13.2. The van der Waals surface area contributed by atoms with Gasteiger partial charge in [0, 0.05) is 30.3 Å². The molecule has 0 aromatic heterocycles. The van der Waals surface area contributed by atoms with Gasteiger partial charge in [-0.25, -0.2) is 0 Å². The number of para-hydroxylation sites is 1. The molecule has 134 valence electrons. The number of amides is 2. The molecule has 26 heavy (non-hydrogen) atoms. The number of carbonyl (C=O) groups excluding carboxylic acids is 2. The minimum atomic E-state index is 0.0183. The van der Waals surface area contributed by atoms with Crippen molar-refractivity contribution >= 4 is 17.5 Å². The molecule has 0 bridgehead atoms. The molecule has 2 aliphatic rings. The van der Waals surface area contributed by atoms with Crippen LogP contribution in [0.2, 0.25) is 0 Å². The third-order valence-electron chi connectivity index (χ3n) is 5.44. The summed E-state index contributed by atoms with van der Waals surface area (Å²) in [5.41, 5.74) is 2.70. The molecule has 0 unspecified atom stereocenters. The number of rotatable bonds is 3. The van der Waals surface area contributed by atoms with Gasteiger partial charge in [-0.3, -0.25) is 9.59 Å². The van der Waals surface area contributed by atoms with E-state index in [4.69, 9.17) is 0 Å². The van der Waals surface area contributed by atoms with Crippen molar-refractivity contribution in [3.8, 4) is 0 Å². The minimum absolute atomic E-state index is 0.0183. The van der Waals surface area contributed by atoms with E-state index in [0.29, 0.717) is 11.6 Å². The third-order valence-corrected chi connectivity index (χ3v) is 5.44. The zero-order valence-corrected chi connectivity index (χ0v) is 15.3. The lowest BCUT2D eigenvalue weighted by Crippen LogP contribution is -2.47. The number of carbonyl (C=O) groups is 2. The Morgan fingerprint density at radius 2 is 1.65 bits per heavy atom. The molecule has 1 aliphatic carbocycles. The quantitative estimate of drug-likeness (QED) is 0.835. The van der Waals surface area contributed by atoms with E-state index in [9.17, 15) is 9.59 Å². The molecule has 1 aliphatic heterocycles. The van der Waals surface area contributed by atoms with Crippen LogP contribution in [0.1, 0.15) is 55.1 Å². The van der Waals surface area contributed by atoms with Gasteiger partial charge in [0.2, 0.25) is 5.91 Å². The highest BCUT2D eigenvalue weighted by molar-refractivity contribution is 6.07. The molecule has 2 atom stereocenters. The second kappa shape index (κ2) is 6.60. The Bertz CT molecular complexity index is 829. The Morgan fingerprint density at radius 1 is 1.00 bits per heavy atom. The zero-order chi connectivity index (χ0) is 18.3. The lowest BCUT2D eigenvalue weighted by molar-refractivity contribution is -0.132. The van der Waals surface area contributed by atoms with E-state index in [1.807, 2.05) is 58.3 Å². The molecule has 0 radical (unpaired) electrons. The summed E-state index contributed by atoms with van der Waals surface area (Å²) in [6.45, 7) is 3.74. The van der Waals surface area contributed by atoms with Crippen molar-refractivity contribution in [3.05, 3.63) is 65.7 Å². The van der Waals surface area contributed by atoms with Gasteiger partial charge in [0.05, 0.1) is 6.04 Å². The van der Waals surface area contributed by atoms with Crippen molar-refractivity contribution in [2.45, 2.75) is 51.2 Å². The van der Waals surface area contributed by atoms with E-state index in [1.54, 1.807) is 6.92 Å². The van der Waals surface area contributed by atoms with Gasteiger partial charge in [-0.1, -0.05) is 36.4 Å². The molecule has 4 rings (SSSR count). The van der Waals surface area contributed by atoms with Crippen molar-refractivity contribution in [1.82, 2.24) is 4.90 Å². The van der Waals surface area contributed by atoms with Gasteiger partial charge < -0.3 is 9.80 Å². The lowest BCUT2D eigenvalue weighted by atomic mass is 9.89. The lowest BCUT2D eigenvalue weighted by Gasteiger charge is -2.43. The first-order valence-corrected chi connectivity index (χ1v) is 9.34. The molecule has 1 heterocycles. The second-order valence-corrected chi connectivity index (χ2v) is 7.36. The van der Waals surface area contributed by atoms with Gasteiger partial charge in [-0.15, -0.1) is 0 Å². The molecule has 0 spiro atoms. The first-order chi connectivity index (χ1) is 12.6. The molecule has 4 nitrogen and oxygen atoms in total. The van der Waals surface area contributed by atoms with Gasteiger partial charge >= 0.3 is 0 Å². The Morgan fingerprint density at radius 3 is 2.31 bits per heavy atom. The van der Waals surface area contributed by atoms with E-state index in [1.165, 1.54) is 0 Å². The fourth-order valence-electron chi connectivity index (χ4n) is 4.16. The Labute approximate surface area is 154 Å². The summed E-state index contributed by atoms with van der Waals surface area (Å²) in [5, 5.41) is 0. The smallest absolute Gasteiger partial charge is 0.258 e. The maximum Gasteiger partial charge on any atom is 0.258 e. The van der Waals surface area contributed by atoms with E-state index in [2.05, 4.69) is 13.0 Å². The summed E-state index contributed by atoms with van der Waals surface area (Å²) in [5.74, 6) is 0.145. The number of hydrogen-bond acceptors (Lipinski definition) is 2. The normalized spacial score (nSPS) is 21.8. The summed E-state index contributed by atoms with van der Waals surface area (Å²) in [7, 11) is 0. The summed E-state index contributed by atoms with van der Waals surface area (Å²) >= 11 is 0. The van der Waals surface area contributed by atoms with Gasteiger partial charge in [0.15, 0.2) is 0 Å². The van der Waals surface area contributed by atoms with Crippen molar-refractivity contribution in [2.75, 3.05) is 4.90 Å². The summed E-state index contributed by atoms with van der Waals surface area (Å²) in [6.07, 6.45) is 2.93.